The molecule has 1 aliphatic carbocycles. The van der Waals surface area contributed by atoms with Gasteiger partial charge in [-0.3, -0.25) is 4.68 Å². The average molecular weight is 464 g/mol. The number of anilines is 1. The Labute approximate surface area is 189 Å². The Morgan fingerprint density at radius 1 is 1.12 bits per heavy atom. The molecule has 1 fully saturated rings. The molecule has 0 saturated carbocycles. The minimum absolute atomic E-state index is 0.298. The molecule has 2 atom stereocenters. The van der Waals surface area contributed by atoms with Crippen LogP contribution in [0.25, 0.3) is 10.2 Å². The fourth-order valence-corrected chi connectivity index (χ4v) is 6.47. The topological polar surface area (TPSA) is 46.8 Å². The summed E-state index contributed by atoms with van der Waals surface area (Å²) in [4.78, 5) is 11.9. The monoisotopic (exact) mass is 463 g/mol. The molecule has 0 aromatic carbocycles. The zero-order valence-electron chi connectivity index (χ0n) is 18.2. The zero-order chi connectivity index (χ0) is 22.3. The van der Waals surface area contributed by atoms with Gasteiger partial charge in [0.2, 0.25) is 0 Å². The molecule has 2 aliphatic rings. The van der Waals surface area contributed by atoms with E-state index in [1.165, 1.54) is 43.3 Å². The van der Waals surface area contributed by atoms with Crippen molar-refractivity contribution in [3.05, 3.63) is 34.7 Å². The summed E-state index contributed by atoms with van der Waals surface area (Å²) < 4.78 is 40.5. The molecule has 0 unspecified atom stereocenters. The van der Waals surface area contributed by atoms with Gasteiger partial charge in [0.1, 0.15) is 17.0 Å². The lowest BCUT2D eigenvalue weighted by molar-refractivity contribution is -0.126. The molecule has 0 N–H and O–H groups in total. The minimum atomic E-state index is -4.21. The third-order valence-electron chi connectivity index (χ3n) is 6.84. The van der Waals surface area contributed by atoms with Gasteiger partial charge < -0.3 is 4.90 Å². The summed E-state index contributed by atoms with van der Waals surface area (Å²) in [6.07, 6.45) is 6.64. The first-order valence-corrected chi connectivity index (χ1v) is 12.2. The third kappa shape index (κ3) is 4.63. The first kappa shape index (κ1) is 21.7. The van der Waals surface area contributed by atoms with Gasteiger partial charge in [-0.25, -0.2) is 9.97 Å². The van der Waals surface area contributed by atoms with E-state index < -0.39 is 12.6 Å². The first-order chi connectivity index (χ1) is 15.4. The van der Waals surface area contributed by atoms with Crippen LogP contribution in [0.3, 0.4) is 0 Å². The quantitative estimate of drug-likeness (QED) is 0.502. The van der Waals surface area contributed by atoms with Crippen LogP contribution in [0.2, 0.25) is 0 Å². The molecule has 5 nitrogen and oxygen atoms in total. The molecule has 172 valence electrons. The summed E-state index contributed by atoms with van der Waals surface area (Å²) in [7, 11) is 2.01. The number of fused-ring (bicyclic) bond motifs is 2. The average Bonchev–Trinajstić information content (AvgIpc) is 3.22. The summed E-state index contributed by atoms with van der Waals surface area (Å²) in [5, 5.41) is 5.39. The smallest absolute Gasteiger partial charge is 0.356 e. The lowest BCUT2D eigenvalue weighted by Gasteiger charge is -2.26. The van der Waals surface area contributed by atoms with Crippen LogP contribution in [0.1, 0.15) is 60.6 Å². The van der Waals surface area contributed by atoms with Crippen molar-refractivity contribution in [2.75, 3.05) is 18.0 Å². The molecule has 9 heteroatoms. The lowest BCUT2D eigenvalue weighted by atomic mass is 9.79. The fraction of sp³-hybridized carbons (Fsp3) is 0.609. The van der Waals surface area contributed by atoms with Gasteiger partial charge in [0.25, 0.3) is 0 Å². The summed E-state index contributed by atoms with van der Waals surface area (Å²) >= 11 is 1.12. The van der Waals surface area contributed by atoms with Crippen LogP contribution in [-0.2, 0) is 19.9 Å². The van der Waals surface area contributed by atoms with E-state index in [4.69, 9.17) is 0 Å². The number of aromatic nitrogens is 4. The number of halogens is 3. The number of rotatable bonds is 4. The summed E-state index contributed by atoms with van der Waals surface area (Å²) in [5.41, 5.74) is 2.71. The first-order valence-electron chi connectivity index (χ1n) is 11.4. The van der Waals surface area contributed by atoms with E-state index in [0.29, 0.717) is 21.5 Å². The highest BCUT2D eigenvalue weighted by molar-refractivity contribution is 7.18. The van der Waals surface area contributed by atoms with Crippen molar-refractivity contribution in [3.8, 4) is 0 Å². The molecule has 3 aromatic rings. The van der Waals surface area contributed by atoms with Crippen molar-refractivity contribution in [3.63, 3.8) is 0 Å². The second kappa shape index (κ2) is 8.65. The van der Waals surface area contributed by atoms with Gasteiger partial charge in [-0.2, -0.15) is 18.3 Å². The molecule has 0 amide bonds. The van der Waals surface area contributed by atoms with Gasteiger partial charge in [-0.05, 0) is 68.4 Å². The van der Waals surface area contributed by atoms with Gasteiger partial charge in [0.15, 0.2) is 0 Å². The molecular formula is C23H28F3N5S. The number of alkyl halides is 3. The Kier molecular flexibility index (Phi) is 5.86. The van der Waals surface area contributed by atoms with Crippen molar-refractivity contribution in [1.29, 1.82) is 0 Å². The van der Waals surface area contributed by atoms with Crippen molar-refractivity contribution < 1.29 is 13.2 Å². The predicted octanol–water partition coefficient (Wildman–Crippen LogP) is 5.65. The van der Waals surface area contributed by atoms with Gasteiger partial charge in [0.05, 0.1) is 17.5 Å². The number of hydrogen-bond acceptors (Lipinski definition) is 5. The number of nitrogens with zero attached hydrogens (tertiary/aromatic N) is 5. The molecule has 32 heavy (non-hydrogen) atoms. The van der Waals surface area contributed by atoms with Crippen LogP contribution in [0.5, 0.6) is 0 Å². The molecular weight excluding hydrogens is 435 g/mol. The molecule has 0 bridgehead atoms. The summed E-state index contributed by atoms with van der Waals surface area (Å²) in [5.74, 6) is 2.03. The van der Waals surface area contributed by atoms with Crippen LogP contribution in [0.4, 0.5) is 19.0 Å². The number of hydrogen-bond donors (Lipinski definition) is 0. The second-order valence-corrected chi connectivity index (χ2v) is 10.3. The maximum absolute atomic E-state index is 12.9. The molecule has 1 saturated heterocycles. The van der Waals surface area contributed by atoms with E-state index in [-0.39, 0.29) is 0 Å². The van der Waals surface area contributed by atoms with Crippen LogP contribution in [-0.4, -0.2) is 39.0 Å². The Balaban J connectivity index is 1.29. The van der Waals surface area contributed by atoms with Crippen molar-refractivity contribution in [2.45, 2.75) is 63.5 Å². The SMILES string of the molecule is Cn1cc2c(n1)CCC[C@H]2C[C@@H]1CCCN(c2ncnc3sc(CC(F)(F)F)cc23)CC1. The largest absolute Gasteiger partial charge is 0.393 e. The maximum atomic E-state index is 12.9. The van der Waals surface area contributed by atoms with E-state index in [9.17, 15) is 13.2 Å². The van der Waals surface area contributed by atoms with E-state index in [1.54, 1.807) is 6.07 Å². The highest BCUT2D eigenvalue weighted by atomic mass is 32.1. The Morgan fingerprint density at radius 2 is 2.00 bits per heavy atom. The molecule has 4 heterocycles. The van der Waals surface area contributed by atoms with Gasteiger partial charge in [0, 0.05) is 31.2 Å². The Hall–Kier alpha value is -2.16. The van der Waals surface area contributed by atoms with Crippen LogP contribution >= 0.6 is 11.3 Å². The Bertz CT molecular complexity index is 1090. The van der Waals surface area contributed by atoms with Gasteiger partial charge in [-0.15, -0.1) is 11.3 Å². The van der Waals surface area contributed by atoms with Gasteiger partial charge in [-0.1, -0.05) is 0 Å². The van der Waals surface area contributed by atoms with Gasteiger partial charge >= 0.3 is 6.18 Å². The van der Waals surface area contributed by atoms with Crippen LogP contribution in [0, 0.1) is 5.92 Å². The second-order valence-electron chi connectivity index (χ2n) is 9.23. The molecule has 5 rings (SSSR count). The normalized spacial score (nSPS) is 22.2. The maximum Gasteiger partial charge on any atom is 0.393 e. The van der Waals surface area contributed by atoms with Crippen molar-refractivity contribution in [2.24, 2.45) is 13.0 Å². The summed E-state index contributed by atoms with van der Waals surface area (Å²) in [6, 6.07) is 1.64. The van der Waals surface area contributed by atoms with E-state index in [2.05, 4.69) is 26.2 Å². The molecule has 0 spiro atoms. The van der Waals surface area contributed by atoms with E-state index in [1.807, 2.05) is 11.7 Å². The van der Waals surface area contributed by atoms with Crippen molar-refractivity contribution in [1.82, 2.24) is 19.7 Å². The molecule has 1 aliphatic heterocycles. The number of aryl methyl sites for hydroxylation is 2. The highest BCUT2D eigenvalue weighted by Crippen LogP contribution is 2.39. The zero-order valence-corrected chi connectivity index (χ0v) is 19.1. The van der Waals surface area contributed by atoms with Crippen molar-refractivity contribution >= 4 is 27.4 Å². The van der Waals surface area contributed by atoms with E-state index in [0.717, 1.165) is 54.9 Å². The predicted molar refractivity (Wildman–Crippen MR) is 120 cm³/mol. The fourth-order valence-electron chi connectivity index (χ4n) is 5.45. The summed E-state index contributed by atoms with van der Waals surface area (Å²) in [6.45, 7) is 1.77. The lowest BCUT2D eigenvalue weighted by Crippen LogP contribution is -2.25. The van der Waals surface area contributed by atoms with E-state index >= 15 is 0 Å². The number of thiophene rings is 1. The molecule has 3 aromatic heterocycles. The third-order valence-corrected chi connectivity index (χ3v) is 7.89. The highest BCUT2D eigenvalue weighted by Gasteiger charge is 2.30. The minimum Gasteiger partial charge on any atom is -0.356 e. The standard InChI is InChI=1S/C23H28F3N5S/c1-30-13-19-16(5-2-6-20(19)29-30)10-15-4-3-8-31(9-7-15)21-18-11-17(12-23(24,25)26)32-22(18)28-14-27-21/h11,13-16H,2-10,12H2,1H3/t15-,16+/m1/s1. The molecule has 0 radical (unpaired) electrons. The van der Waals surface area contributed by atoms with Crippen LogP contribution < -0.4 is 4.90 Å². The van der Waals surface area contributed by atoms with Crippen LogP contribution in [0.15, 0.2) is 18.6 Å². The Morgan fingerprint density at radius 3 is 2.84 bits per heavy atom.